The minimum Gasteiger partial charge on any atom is -0.489 e. The number of pyridine rings is 1. The van der Waals surface area contributed by atoms with Crippen LogP contribution in [0.25, 0.3) is 0 Å². The summed E-state index contributed by atoms with van der Waals surface area (Å²) in [5.41, 5.74) is 0.809. The molecule has 0 unspecified atom stereocenters. The second kappa shape index (κ2) is 10.9. The van der Waals surface area contributed by atoms with Crippen molar-refractivity contribution in [3.63, 3.8) is 0 Å². The third-order valence-electron chi connectivity index (χ3n) is 4.70. The highest BCUT2D eigenvalue weighted by molar-refractivity contribution is 5.95. The smallest absolute Gasteiger partial charge is 0.273 e. The monoisotopic (exact) mass is 410 g/mol. The number of aromatic nitrogens is 1. The summed E-state index contributed by atoms with van der Waals surface area (Å²) in [5, 5.41) is 5.63. The Hall–Kier alpha value is -3.42. The number of hydrogen-bond acceptors (Lipinski definition) is 5. The van der Waals surface area contributed by atoms with Crippen molar-refractivity contribution in [1.82, 2.24) is 20.5 Å². The van der Waals surface area contributed by atoms with Gasteiger partial charge in [0.1, 0.15) is 6.61 Å². The molecular weight excluding hydrogens is 384 g/mol. The Bertz CT molecular complexity index is 872. The second-order valence-corrected chi connectivity index (χ2v) is 6.92. The van der Waals surface area contributed by atoms with Gasteiger partial charge >= 0.3 is 0 Å². The van der Waals surface area contributed by atoms with Crippen LogP contribution in [0.15, 0.2) is 48.7 Å². The zero-order chi connectivity index (χ0) is 21.2. The minimum absolute atomic E-state index is 0.0798. The Morgan fingerprint density at radius 3 is 2.60 bits per heavy atom. The van der Waals surface area contributed by atoms with Gasteiger partial charge in [-0.3, -0.25) is 14.4 Å². The maximum atomic E-state index is 12.9. The molecule has 0 saturated heterocycles. The number of nitrogens with one attached hydrogen (secondary N) is 2. The van der Waals surface area contributed by atoms with Crippen molar-refractivity contribution < 1.29 is 19.1 Å². The van der Waals surface area contributed by atoms with Gasteiger partial charge in [-0.2, -0.15) is 0 Å². The standard InChI is InChI=1S/C22H26N4O4/c27-19-10-5-14-26(22(29)17-7-2-1-3-8-17)15-6-12-25-21(28)20-18(9-4-11-24-20)30-16-13-23-19/h1-4,7-9,11H,5-6,10,12-16H2,(H,23,27)(H,25,28). The molecule has 8 nitrogen and oxygen atoms in total. The van der Waals surface area contributed by atoms with Gasteiger partial charge < -0.3 is 20.3 Å². The van der Waals surface area contributed by atoms with Crippen LogP contribution in [0.2, 0.25) is 0 Å². The van der Waals surface area contributed by atoms with E-state index in [1.54, 1.807) is 29.2 Å². The molecule has 158 valence electrons. The lowest BCUT2D eigenvalue weighted by Crippen LogP contribution is -2.36. The Kier molecular flexibility index (Phi) is 7.77. The van der Waals surface area contributed by atoms with E-state index in [9.17, 15) is 14.4 Å². The summed E-state index contributed by atoms with van der Waals surface area (Å²) in [7, 11) is 0. The maximum Gasteiger partial charge on any atom is 0.273 e. The molecular formula is C22H26N4O4. The van der Waals surface area contributed by atoms with E-state index in [4.69, 9.17) is 4.74 Å². The molecule has 3 rings (SSSR count). The van der Waals surface area contributed by atoms with E-state index in [2.05, 4.69) is 15.6 Å². The van der Waals surface area contributed by atoms with Crippen LogP contribution in [0, 0.1) is 0 Å². The van der Waals surface area contributed by atoms with Crippen molar-refractivity contribution in [2.45, 2.75) is 19.3 Å². The van der Waals surface area contributed by atoms with Crippen molar-refractivity contribution in [2.24, 2.45) is 0 Å². The summed E-state index contributed by atoms with van der Waals surface area (Å²) in [6, 6.07) is 12.4. The fourth-order valence-corrected chi connectivity index (χ4v) is 3.18. The molecule has 2 aromatic rings. The third-order valence-corrected chi connectivity index (χ3v) is 4.70. The van der Waals surface area contributed by atoms with Gasteiger partial charge in [0, 0.05) is 37.8 Å². The van der Waals surface area contributed by atoms with Crippen LogP contribution in [-0.4, -0.2) is 60.4 Å². The summed E-state index contributed by atoms with van der Waals surface area (Å²) in [5.74, 6) is -0.134. The number of carbonyl (C=O) groups excluding carboxylic acids is 3. The van der Waals surface area contributed by atoms with Crippen LogP contribution in [-0.2, 0) is 4.79 Å². The molecule has 1 aromatic carbocycles. The Labute approximate surface area is 175 Å². The lowest BCUT2D eigenvalue weighted by Gasteiger charge is -2.23. The van der Waals surface area contributed by atoms with Crippen LogP contribution in [0.3, 0.4) is 0 Å². The fraction of sp³-hybridized carbons (Fsp3) is 0.364. The summed E-state index contributed by atoms with van der Waals surface area (Å²) in [4.78, 5) is 43.3. The lowest BCUT2D eigenvalue weighted by atomic mass is 10.1. The molecule has 0 aliphatic carbocycles. The van der Waals surface area contributed by atoms with E-state index in [1.165, 1.54) is 6.20 Å². The molecule has 0 fully saturated rings. The van der Waals surface area contributed by atoms with Gasteiger partial charge in [0.05, 0.1) is 6.54 Å². The fourth-order valence-electron chi connectivity index (χ4n) is 3.18. The highest BCUT2D eigenvalue weighted by Gasteiger charge is 2.17. The van der Waals surface area contributed by atoms with Gasteiger partial charge in [0.2, 0.25) is 5.91 Å². The molecule has 8 heteroatoms. The highest BCUT2D eigenvalue weighted by atomic mass is 16.5. The largest absolute Gasteiger partial charge is 0.489 e. The predicted octanol–water partition coefficient (Wildman–Crippen LogP) is 1.63. The van der Waals surface area contributed by atoms with E-state index in [1.807, 2.05) is 18.2 Å². The Morgan fingerprint density at radius 2 is 1.77 bits per heavy atom. The lowest BCUT2D eigenvalue weighted by molar-refractivity contribution is -0.121. The number of ether oxygens (including phenoxy) is 1. The van der Waals surface area contributed by atoms with Gasteiger partial charge in [-0.15, -0.1) is 0 Å². The van der Waals surface area contributed by atoms with Gasteiger partial charge in [-0.05, 0) is 37.1 Å². The molecule has 3 amide bonds. The molecule has 1 aliphatic heterocycles. The first-order valence-electron chi connectivity index (χ1n) is 10.1. The average molecular weight is 410 g/mol. The topological polar surface area (TPSA) is 101 Å². The maximum absolute atomic E-state index is 12.9. The van der Waals surface area contributed by atoms with Crippen molar-refractivity contribution in [3.05, 3.63) is 59.9 Å². The Balaban J connectivity index is 1.69. The molecule has 0 spiro atoms. The quantitative estimate of drug-likeness (QED) is 0.744. The molecule has 0 bridgehead atoms. The van der Waals surface area contributed by atoms with Crippen molar-refractivity contribution in [2.75, 3.05) is 32.8 Å². The second-order valence-electron chi connectivity index (χ2n) is 6.92. The van der Waals surface area contributed by atoms with Gasteiger partial charge in [0.25, 0.3) is 11.8 Å². The van der Waals surface area contributed by atoms with Crippen LogP contribution in [0.4, 0.5) is 0 Å². The van der Waals surface area contributed by atoms with E-state index >= 15 is 0 Å². The summed E-state index contributed by atoms with van der Waals surface area (Å²) in [6.07, 6.45) is 3.00. The van der Waals surface area contributed by atoms with Crippen molar-refractivity contribution >= 4 is 17.7 Å². The first kappa shape index (κ1) is 21.3. The summed E-state index contributed by atoms with van der Waals surface area (Å²) in [6.45, 7) is 1.89. The number of hydrogen-bond donors (Lipinski definition) is 2. The number of amides is 3. The first-order chi connectivity index (χ1) is 14.6. The van der Waals surface area contributed by atoms with Crippen molar-refractivity contribution in [3.8, 4) is 5.75 Å². The zero-order valence-corrected chi connectivity index (χ0v) is 16.8. The predicted molar refractivity (Wildman–Crippen MR) is 111 cm³/mol. The molecule has 1 aliphatic rings. The van der Waals surface area contributed by atoms with Crippen LogP contribution < -0.4 is 15.4 Å². The van der Waals surface area contributed by atoms with Gasteiger partial charge in [0.15, 0.2) is 11.4 Å². The van der Waals surface area contributed by atoms with E-state index in [0.717, 1.165) is 0 Å². The van der Waals surface area contributed by atoms with Crippen LogP contribution >= 0.6 is 0 Å². The van der Waals surface area contributed by atoms with Crippen LogP contribution in [0.1, 0.15) is 40.1 Å². The molecule has 30 heavy (non-hydrogen) atoms. The summed E-state index contributed by atoms with van der Waals surface area (Å²) < 4.78 is 5.61. The SMILES string of the molecule is O=C1CCCN(C(=O)c2ccccc2)CCCNC(=O)c2ncccc2OCCN1. The third kappa shape index (κ3) is 6.04. The molecule has 2 N–H and O–H groups in total. The molecule has 0 saturated carbocycles. The number of rotatable bonds is 1. The highest BCUT2D eigenvalue weighted by Crippen LogP contribution is 2.15. The number of benzene rings is 1. The normalized spacial score (nSPS) is 16.6. The minimum atomic E-state index is -0.331. The van der Waals surface area contributed by atoms with Gasteiger partial charge in [-0.25, -0.2) is 4.98 Å². The molecule has 2 heterocycles. The van der Waals surface area contributed by atoms with Crippen LogP contribution in [0.5, 0.6) is 5.75 Å². The molecule has 1 aromatic heterocycles. The first-order valence-corrected chi connectivity index (χ1v) is 10.1. The molecule has 0 radical (unpaired) electrons. The van der Waals surface area contributed by atoms with Gasteiger partial charge in [-0.1, -0.05) is 18.2 Å². The molecule has 0 atom stereocenters. The van der Waals surface area contributed by atoms with E-state index in [-0.39, 0.29) is 30.0 Å². The van der Waals surface area contributed by atoms with E-state index < -0.39 is 0 Å². The number of fused-ring (bicyclic) bond motifs is 1. The van der Waals surface area contributed by atoms with Crippen molar-refractivity contribution in [1.29, 1.82) is 0 Å². The number of nitrogens with zero attached hydrogens (tertiary/aromatic N) is 2. The zero-order valence-electron chi connectivity index (χ0n) is 16.8. The van der Waals surface area contributed by atoms with E-state index in [0.29, 0.717) is 56.8 Å². The summed E-state index contributed by atoms with van der Waals surface area (Å²) >= 11 is 0. The average Bonchev–Trinajstić information content (AvgIpc) is 2.78. The Morgan fingerprint density at radius 1 is 0.967 bits per heavy atom. The number of carbonyl (C=O) groups is 3.